The molecular formula is C24H26FN3O2S. The lowest BCUT2D eigenvalue weighted by molar-refractivity contribution is -0.119. The summed E-state index contributed by atoms with van der Waals surface area (Å²) < 4.78 is 14.9. The molecule has 0 saturated heterocycles. The number of amides is 1. The van der Waals surface area contributed by atoms with Gasteiger partial charge in [-0.05, 0) is 42.7 Å². The van der Waals surface area contributed by atoms with Crippen LogP contribution in [0.1, 0.15) is 44.1 Å². The highest BCUT2D eigenvalue weighted by molar-refractivity contribution is 7.99. The number of thioether (sulfide) groups is 1. The third-order valence-corrected chi connectivity index (χ3v) is 6.61. The maximum atomic E-state index is 13.3. The summed E-state index contributed by atoms with van der Waals surface area (Å²) in [5.74, 6) is -0.157. The molecule has 2 aromatic carbocycles. The molecule has 1 fully saturated rings. The zero-order valence-electron chi connectivity index (χ0n) is 17.4. The number of para-hydroxylation sites is 1. The third kappa shape index (κ3) is 5.53. The van der Waals surface area contributed by atoms with Gasteiger partial charge in [0.2, 0.25) is 5.91 Å². The van der Waals surface area contributed by atoms with Crippen LogP contribution in [0.15, 0.2) is 58.5 Å². The molecule has 1 aliphatic rings. The lowest BCUT2D eigenvalue weighted by Crippen LogP contribution is -2.35. The Bertz CT molecular complexity index is 1110. The van der Waals surface area contributed by atoms with Gasteiger partial charge >= 0.3 is 0 Å². The molecule has 1 amide bonds. The van der Waals surface area contributed by atoms with Crippen molar-refractivity contribution in [2.45, 2.75) is 56.3 Å². The van der Waals surface area contributed by atoms with Gasteiger partial charge in [-0.25, -0.2) is 9.37 Å². The number of benzene rings is 2. The van der Waals surface area contributed by atoms with Crippen molar-refractivity contribution in [1.29, 1.82) is 0 Å². The third-order valence-electron chi connectivity index (χ3n) is 5.63. The monoisotopic (exact) mass is 439 g/mol. The SMILES string of the molecule is O=C(CSc1nc2ccccc2c(=O)n1Cc1ccc(F)cc1)NC1CCCCCC1. The highest BCUT2D eigenvalue weighted by Crippen LogP contribution is 2.20. The van der Waals surface area contributed by atoms with E-state index in [0.29, 0.717) is 16.1 Å². The van der Waals surface area contributed by atoms with Crippen LogP contribution in [0.4, 0.5) is 4.39 Å². The first kappa shape index (κ1) is 21.6. The highest BCUT2D eigenvalue weighted by Gasteiger charge is 2.17. The Labute approximate surface area is 185 Å². The maximum Gasteiger partial charge on any atom is 0.262 e. The summed E-state index contributed by atoms with van der Waals surface area (Å²) in [6, 6.07) is 13.5. The van der Waals surface area contributed by atoms with Gasteiger partial charge in [-0.1, -0.05) is 61.7 Å². The number of fused-ring (bicyclic) bond motifs is 1. The second-order valence-corrected chi connectivity index (χ2v) is 8.92. The van der Waals surface area contributed by atoms with E-state index in [9.17, 15) is 14.0 Å². The Hall–Kier alpha value is -2.67. The van der Waals surface area contributed by atoms with E-state index in [4.69, 9.17) is 0 Å². The molecule has 1 aromatic heterocycles. The average Bonchev–Trinajstić information content (AvgIpc) is 3.04. The zero-order chi connectivity index (χ0) is 21.6. The van der Waals surface area contributed by atoms with Gasteiger partial charge in [0.25, 0.3) is 5.56 Å². The van der Waals surface area contributed by atoms with Crippen molar-refractivity contribution in [1.82, 2.24) is 14.9 Å². The van der Waals surface area contributed by atoms with Crippen molar-refractivity contribution in [2.75, 3.05) is 5.75 Å². The number of hydrogen-bond donors (Lipinski definition) is 1. The second kappa shape index (κ2) is 10.1. The van der Waals surface area contributed by atoms with E-state index in [0.717, 1.165) is 31.2 Å². The van der Waals surface area contributed by atoms with Crippen LogP contribution < -0.4 is 10.9 Å². The average molecular weight is 440 g/mol. The Morgan fingerprint density at radius 1 is 1.06 bits per heavy atom. The van der Waals surface area contributed by atoms with E-state index < -0.39 is 0 Å². The summed E-state index contributed by atoms with van der Waals surface area (Å²) in [5, 5.41) is 4.15. The van der Waals surface area contributed by atoms with Gasteiger partial charge in [0.1, 0.15) is 5.82 Å². The van der Waals surface area contributed by atoms with Crippen LogP contribution in [0.25, 0.3) is 10.9 Å². The maximum absolute atomic E-state index is 13.3. The van der Waals surface area contributed by atoms with Crippen molar-refractivity contribution in [3.8, 4) is 0 Å². The molecule has 1 aliphatic carbocycles. The van der Waals surface area contributed by atoms with Crippen molar-refractivity contribution < 1.29 is 9.18 Å². The summed E-state index contributed by atoms with van der Waals surface area (Å²) in [6.45, 7) is 0.267. The lowest BCUT2D eigenvalue weighted by Gasteiger charge is -2.17. The molecule has 0 atom stereocenters. The molecule has 5 nitrogen and oxygen atoms in total. The van der Waals surface area contributed by atoms with Crippen molar-refractivity contribution in [2.24, 2.45) is 0 Å². The quantitative estimate of drug-likeness (QED) is 0.349. The molecule has 3 aromatic rings. The minimum atomic E-state index is -0.322. The molecule has 0 aliphatic heterocycles. The van der Waals surface area contributed by atoms with E-state index in [1.165, 1.54) is 36.7 Å². The summed E-state index contributed by atoms with van der Waals surface area (Å²) in [4.78, 5) is 30.4. The fraction of sp³-hybridized carbons (Fsp3) is 0.375. The number of nitrogens with zero attached hydrogens (tertiary/aromatic N) is 2. The Balaban J connectivity index is 1.55. The van der Waals surface area contributed by atoms with Gasteiger partial charge in [0, 0.05) is 6.04 Å². The van der Waals surface area contributed by atoms with Gasteiger partial charge in [-0.15, -0.1) is 0 Å². The van der Waals surface area contributed by atoms with Crippen LogP contribution in [0.5, 0.6) is 0 Å². The van der Waals surface area contributed by atoms with Gasteiger partial charge in [-0.2, -0.15) is 0 Å². The molecule has 0 radical (unpaired) electrons. The van der Waals surface area contributed by atoms with Crippen molar-refractivity contribution in [3.05, 3.63) is 70.3 Å². The van der Waals surface area contributed by atoms with Crippen LogP contribution in [0.2, 0.25) is 0 Å². The highest BCUT2D eigenvalue weighted by atomic mass is 32.2. The molecule has 1 N–H and O–H groups in total. The smallest absolute Gasteiger partial charge is 0.262 e. The molecule has 0 spiro atoms. The standard InChI is InChI=1S/C24H26FN3O2S/c25-18-13-11-17(12-14-18)15-28-23(30)20-9-5-6-10-21(20)27-24(28)31-16-22(29)26-19-7-3-1-2-4-8-19/h5-6,9-14,19H,1-4,7-8,15-16H2,(H,26,29). The Morgan fingerprint density at radius 2 is 1.77 bits per heavy atom. The molecule has 4 rings (SSSR count). The number of hydrogen-bond acceptors (Lipinski definition) is 4. The first-order valence-electron chi connectivity index (χ1n) is 10.8. The van der Waals surface area contributed by atoms with Crippen LogP contribution in [-0.4, -0.2) is 27.3 Å². The van der Waals surface area contributed by atoms with Crippen molar-refractivity contribution >= 4 is 28.6 Å². The van der Waals surface area contributed by atoms with Gasteiger partial charge in [0.15, 0.2) is 5.16 Å². The molecule has 31 heavy (non-hydrogen) atoms. The van der Waals surface area contributed by atoms with Crippen molar-refractivity contribution in [3.63, 3.8) is 0 Å². The van der Waals surface area contributed by atoms with E-state index in [1.807, 2.05) is 6.07 Å². The number of carbonyl (C=O) groups excluding carboxylic acids is 1. The summed E-state index contributed by atoms with van der Waals surface area (Å²) in [6.07, 6.45) is 6.83. The molecular weight excluding hydrogens is 413 g/mol. The summed E-state index contributed by atoms with van der Waals surface area (Å²) >= 11 is 1.27. The Kier molecular flexibility index (Phi) is 7.02. The number of carbonyl (C=O) groups is 1. The first-order valence-corrected chi connectivity index (χ1v) is 11.7. The fourth-order valence-electron chi connectivity index (χ4n) is 3.99. The van der Waals surface area contributed by atoms with Crippen LogP contribution in [0, 0.1) is 5.82 Å². The second-order valence-electron chi connectivity index (χ2n) is 7.97. The minimum absolute atomic E-state index is 0.0346. The van der Waals surface area contributed by atoms with E-state index in [-0.39, 0.29) is 35.6 Å². The van der Waals surface area contributed by atoms with E-state index in [2.05, 4.69) is 10.3 Å². The molecule has 7 heteroatoms. The van der Waals surface area contributed by atoms with Gasteiger partial charge < -0.3 is 5.32 Å². The minimum Gasteiger partial charge on any atom is -0.353 e. The van der Waals surface area contributed by atoms with Gasteiger partial charge in [-0.3, -0.25) is 14.2 Å². The fourth-order valence-corrected chi connectivity index (χ4v) is 4.80. The lowest BCUT2D eigenvalue weighted by atomic mass is 10.1. The summed E-state index contributed by atoms with van der Waals surface area (Å²) in [5.41, 5.74) is 1.24. The van der Waals surface area contributed by atoms with Crippen LogP contribution >= 0.6 is 11.8 Å². The Morgan fingerprint density at radius 3 is 2.52 bits per heavy atom. The zero-order valence-corrected chi connectivity index (χ0v) is 18.2. The molecule has 1 heterocycles. The summed E-state index contributed by atoms with van der Waals surface area (Å²) in [7, 11) is 0. The molecule has 1 saturated carbocycles. The van der Waals surface area contributed by atoms with Crippen LogP contribution in [0.3, 0.4) is 0 Å². The number of halogens is 1. The molecule has 0 unspecified atom stereocenters. The number of nitrogens with one attached hydrogen (secondary N) is 1. The number of aromatic nitrogens is 2. The predicted octanol–water partition coefficient (Wildman–Crippen LogP) is 4.52. The van der Waals surface area contributed by atoms with E-state index in [1.54, 1.807) is 34.9 Å². The predicted molar refractivity (Wildman–Crippen MR) is 122 cm³/mol. The molecule has 0 bridgehead atoms. The largest absolute Gasteiger partial charge is 0.353 e. The first-order chi connectivity index (χ1) is 15.1. The number of rotatable bonds is 6. The van der Waals surface area contributed by atoms with E-state index >= 15 is 0 Å². The normalized spacial score (nSPS) is 15.0. The van der Waals surface area contributed by atoms with Gasteiger partial charge in [0.05, 0.1) is 23.2 Å². The van der Waals surface area contributed by atoms with Crippen LogP contribution in [-0.2, 0) is 11.3 Å². The topological polar surface area (TPSA) is 64.0 Å². The molecule has 162 valence electrons.